The Morgan fingerprint density at radius 2 is 2.05 bits per heavy atom. The van der Waals surface area contributed by atoms with E-state index in [4.69, 9.17) is 5.73 Å². The highest BCUT2D eigenvalue weighted by Crippen LogP contribution is 2.21. The van der Waals surface area contributed by atoms with Crippen molar-refractivity contribution < 1.29 is 14.0 Å². The van der Waals surface area contributed by atoms with Gasteiger partial charge in [-0.1, -0.05) is 0 Å². The number of amides is 2. The molecule has 1 saturated heterocycles. The molecule has 6 heteroatoms. The molecule has 1 aliphatic rings. The van der Waals surface area contributed by atoms with Crippen LogP contribution in [0.2, 0.25) is 0 Å². The summed E-state index contributed by atoms with van der Waals surface area (Å²) in [6.07, 6.45) is 0. The van der Waals surface area contributed by atoms with Crippen LogP contribution in [0.5, 0.6) is 0 Å². The molecule has 0 unspecified atom stereocenters. The van der Waals surface area contributed by atoms with E-state index in [1.54, 1.807) is 6.07 Å². The zero-order valence-corrected chi connectivity index (χ0v) is 11.6. The van der Waals surface area contributed by atoms with Gasteiger partial charge in [-0.05, 0) is 32.0 Å². The third-order valence-electron chi connectivity index (χ3n) is 3.51. The van der Waals surface area contributed by atoms with Crippen LogP contribution in [0.3, 0.4) is 0 Å². The number of carbonyl (C=O) groups excluding carboxylic acids is 2. The van der Waals surface area contributed by atoms with E-state index >= 15 is 0 Å². The maximum absolute atomic E-state index is 13.7. The Labute approximate surface area is 117 Å². The molecule has 2 N–H and O–H groups in total. The predicted molar refractivity (Wildman–Crippen MR) is 74.0 cm³/mol. The molecule has 0 bridgehead atoms. The van der Waals surface area contributed by atoms with E-state index < -0.39 is 11.7 Å². The number of anilines is 1. The molecule has 1 aromatic carbocycles. The molecule has 0 radical (unpaired) electrons. The summed E-state index contributed by atoms with van der Waals surface area (Å²) in [6.45, 7) is 5.63. The SMILES string of the molecule is CC(C)N1CCN(c2ccc(C(N)=O)c(F)c2)C(=O)C1. The van der Waals surface area contributed by atoms with Gasteiger partial charge in [0.25, 0.3) is 5.91 Å². The number of hydrogen-bond donors (Lipinski definition) is 1. The highest BCUT2D eigenvalue weighted by atomic mass is 19.1. The van der Waals surface area contributed by atoms with Gasteiger partial charge in [0.2, 0.25) is 5.91 Å². The first-order valence-electron chi connectivity index (χ1n) is 6.54. The van der Waals surface area contributed by atoms with Crippen LogP contribution in [0.25, 0.3) is 0 Å². The molecule has 108 valence electrons. The Hall–Kier alpha value is -1.95. The van der Waals surface area contributed by atoms with Gasteiger partial charge in [-0.15, -0.1) is 0 Å². The predicted octanol–water partition coefficient (Wildman–Crippen LogP) is 0.982. The molecule has 0 spiro atoms. The quantitative estimate of drug-likeness (QED) is 0.897. The van der Waals surface area contributed by atoms with Crippen molar-refractivity contribution in [2.24, 2.45) is 5.73 Å². The standard InChI is InChI=1S/C14H18FN3O2/c1-9(2)17-5-6-18(13(19)8-17)10-3-4-11(14(16)20)12(15)7-10/h3-4,7,9H,5-6,8H2,1-2H3,(H2,16,20). The Bertz CT molecular complexity index is 545. The lowest BCUT2D eigenvalue weighted by Crippen LogP contribution is -2.52. The van der Waals surface area contributed by atoms with Crippen molar-refractivity contribution in [1.82, 2.24) is 4.90 Å². The summed E-state index contributed by atoms with van der Waals surface area (Å²) in [7, 11) is 0. The second kappa shape index (κ2) is 5.58. The first kappa shape index (κ1) is 14.5. The molecule has 5 nitrogen and oxygen atoms in total. The topological polar surface area (TPSA) is 66.6 Å². The van der Waals surface area contributed by atoms with E-state index in [0.29, 0.717) is 24.8 Å². The summed E-state index contributed by atoms with van der Waals surface area (Å²) in [5.41, 5.74) is 5.35. The Balaban J connectivity index is 2.19. The highest BCUT2D eigenvalue weighted by Gasteiger charge is 2.26. The van der Waals surface area contributed by atoms with Crippen molar-refractivity contribution in [1.29, 1.82) is 0 Å². The number of nitrogens with two attached hydrogens (primary N) is 1. The lowest BCUT2D eigenvalue weighted by molar-refractivity contribution is -0.121. The minimum absolute atomic E-state index is 0.0730. The van der Waals surface area contributed by atoms with Crippen LogP contribution in [-0.4, -0.2) is 42.4 Å². The number of hydrogen-bond acceptors (Lipinski definition) is 3. The zero-order chi connectivity index (χ0) is 14.9. The molecule has 1 aliphatic heterocycles. The Kier molecular flexibility index (Phi) is 4.04. The van der Waals surface area contributed by atoms with Crippen LogP contribution in [0.1, 0.15) is 24.2 Å². The number of primary amides is 1. The monoisotopic (exact) mass is 279 g/mol. The second-order valence-electron chi connectivity index (χ2n) is 5.14. The molecule has 2 amide bonds. The van der Waals surface area contributed by atoms with Crippen LogP contribution in [-0.2, 0) is 4.79 Å². The van der Waals surface area contributed by atoms with Crippen molar-refractivity contribution in [2.45, 2.75) is 19.9 Å². The number of halogens is 1. The summed E-state index contributed by atoms with van der Waals surface area (Å²) >= 11 is 0. The van der Waals surface area contributed by atoms with Crippen molar-refractivity contribution in [3.05, 3.63) is 29.6 Å². The number of rotatable bonds is 3. The van der Waals surface area contributed by atoms with E-state index in [0.717, 1.165) is 6.54 Å². The van der Waals surface area contributed by atoms with Crippen LogP contribution in [0.15, 0.2) is 18.2 Å². The minimum Gasteiger partial charge on any atom is -0.366 e. The van der Waals surface area contributed by atoms with Crippen LogP contribution >= 0.6 is 0 Å². The molecule has 1 fully saturated rings. The maximum Gasteiger partial charge on any atom is 0.251 e. The summed E-state index contributed by atoms with van der Waals surface area (Å²) in [6, 6.07) is 4.35. The van der Waals surface area contributed by atoms with E-state index in [1.807, 2.05) is 13.8 Å². The molecule has 0 aromatic heterocycles. The van der Waals surface area contributed by atoms with Crippen LogP contribution < -0.4 is 10.6 Å². The van der Waals surface area contributed by atoms with Crippen LogP contribution in [0, 0.1) is 5.82 Å². The first-order chi connectivity index (χ1) is 9.40. The summed E-state index contributed by atoms with van der Waals surface area (Å²) in [5.74, 6) is -1.59. The van der Waals surface area contributed by atoms with E-state index in [2.05, 4.69) is 4.90 Å². The van der Waals surface area contributed by atoms with Gasteiger partial charge < -0.3 is 10.6 Å². The lowest BCUT2D eigenvalue weighted by atomic mass is 10.1. The van der Waals surface area contributed by atoms with Gasteiger partial charge in [0, 0.05) is 24.8 Å². The molecule has 20 heavy (non-hydrogen) atoms. The molecule has 1 aromatic rings. The minimum atomic E-state index is -0.815. The third kappa shape index (κ3) is 2.80. The molecular formula is C14H18FN3O2. The normalized spacial score (nSPS) is 16.8. The number of benzene rings is 1. The first-order valence-corrected chi connectivity index (χ1v) is 6.54. The van der Waals surface area contributed by atoms with Crippen molar-refractivity contribution >= 4 is 17.5 Å². The highest BCUT2D eigenvalue weighted by molar-refractivity contribution is 5.97. The second-order valence-corrected chi connectivity index (χ2v) is 5.14. The summed E-state index contributed by atoms with van der Waals surface area (Å²) in [4.78, 5) is 26.7. The van der Waals surface area contributed by atoms with Crippen LogP contribution in [0.4, 0.5) is 10.1 Å². The van der Waals surface area contributed by atoms with Gasteiger partial charge in [0.05, 0.1) is 12.1 Å². The van der Waals surface area contributed by atoms with Gasteiger partial charge in [0.15, 0.2) is 0 Å². The molecular weight excluding hydrogens is 261 g/mol. The van der Waals surface area contributed by atoms with E-state index in [9.17, 15) is 14.0 Å². The number of carbonyl (C=O) groups is 2. The van der Waals surface area contributed by atoms with Gasteiger partial charge in [-0.3, -0.25) is 14.5 Å². The fraction of sp³-hybridized carbons (Fsp3) is 0.429. The van der Waals surface area contributed by atoms with Gasteiger partial charge in [-0.2, -0.15) is 0 Å². The Morgan fingerprint density at radius 1 is 1.35 bits per heavy atom. The van der Waals surface area contributed by atoms with Crippen molar-refractivity contribution in [2.75, 3.05) is 24.5 Å². The maximum atomic E-state index is 13.7. The van der Waals surface area contributed by atoms with Gasteiger partial charge in [0.1, 0.15) is 5.82 Å². The van der Waals surface area contributed by atoms with E-state index in [-0.39, 0.29) is 11.5 Å². The summed E-state index contributed by atoms with van der Waals surface area (Å²) in [5, 5.41) is 0. The van der Waals surface area contributed by atoms with E-state index in [1.165, 1.54) is 17.0 Å². The zero-order valence-electron chi connectivity index (χ0n) is 11.6. The number of piperazine rings is 1. The molecule has 0 aliphatic carbocycles. The van der Waals surface area contributed by atoms with Crippen molar-refractivity contribution in [3.63, 3.8) is 0 Å². The third-order valence-corrected chi connectivity index (χ3v) is 3.51. The smallest absolute Gasteiger partial charge is 0.251 e. The molecule has 2 rings (SSSR count). The average Bonchev–Trinajstić information content (AvgIpc) is 2.37. The fourth-order valence-electron chi connectivity index (χ4n) is 2.28. The number of nitrogens with zero attached hydrogens (tertiary/aromatic N) is 2. The fourth-order valence-corrected chi connectivity index (χ4v) is 2.28. The lowest BCUT2D eigenvalue weighted by Gasteiger charge is -2.36. The van der Waals surface area contributed by atoms with Gasteiger partial charge in [-0.25, -0.2) is 4.39 Å². The largest absolute Gasteiger partial charge is 0.366 e. The molecule has 0 atom stereocenters. The summed E-state index contributed by atoms with van der Waals surface area (Å²) < 4.78 is 13.7. The van der Waals surface area contributed by atoms with Gasteiger partial charge >= 0.3 is 0 Å². The Morgan fingerprint density at radius 3 is 2.55 bits per heavy atom. The molecule has 0 saturated carbocycles. The average molecular weight is 279 g/mol. The molecule has 1 heterocycles. The van der Waals surface area contributed by atoms with Crippen molar-refractivity contribution in [3.8, 4) is 0 Å².